The molecule has 0 N–H and O–H groups in total. The maximum atomic E-state index is 2.34. The molecule has 11 heavy (non-hydrogen) atoms. The average Bonchev–Trinajstić information content (AvgIpc) is 2.30. The molecule has 0 bridgehead atoms. The van der Waals surface area contributed by atoms with E-state index in [2.05, 4.69) is 38.1 Å². The molecule has 0 aliphatic heterocycles. The van der Waals surface area contributed by atoms with Gasteiger partial charge in [0.25, 0.3) is 0 Å². The molecule has 1 aliphatic rings. The lowest BCUT2D eigenvalue weighted by Gasteiger charge is -2.08. The van der Waals surface area contributed by atoms with E-state index in [1.165, 1.54) is 6.42 Å². The molecule has 0 heterocycles. The van der Waals surface area contributed by atoms with Gasteiger partial charge >= 0.3 is 0 Å². The van der Waals surface area contributed by atoms with Crippen LogP contribution in [-0.4, -0.2) is 0 Å². The highest BCUT2D eigenvalue weighted by molar-refractivity contribution is 5.35. The Balaban J connectivity index is 2.47. The van der Waals surface area contributed by atoms with E-state index in [0.717, 1.165) is 11.8 Å². The van der Waals surface area contributed by atoms with E-state index in [9.17, 15) is 0 Å². The van der Waals surface area contributed by atoms with Crippen molar-refractivity contribution in [1.29, 1.82) is 0 Å². The molecule has 0 radical (unpaired) electrons. The Morgan fingerprint density at radius 2 is 1.91 bits per heavy atom. The topological polar surface area (TPSA) is 0 Å². The fraction of sp³-hybridized carbons (Fsp3) is 0.455. The van der Waals surface area contributed by atoms with Crippen LogP contribution in [0.4, 0.5) is 0 Å². The third kappa shape index (κ3) is 0.973. The highest BCUT2D eigenvalue weighted by atomic mass is 14.3. The standard InChI is InChI=1S/C11H14/c1-8-7-10-5-3-4-6-11(10)9(8)2/h3-6,8-9H,7H2,1-2H3/t8-,9-/m1/s1. The van der Waals surface area contributed by atoms with Crippen molar-refractivity contribution >= 4 is 0 Å². The Kier molecular flexibility index (Phi) is 1.49. The molecule has 1 aromatic carbocycles. The number of fused-ring (bicyclic) bond motifs is 1. The van der Waals surface area contributed by atoms with Crippen LogP contribution in [-0.2, 0) is 6.42 Å². The zero-order valence-corrected chi connectivity index (χ0v) is 7.17. The zero-order valence-electron chi connectivity index (χ0n) is 7.17. The third-order valence-electron chi connectivity index (χ3n) is 2.94. The van der Waals surface area contributed by atoms with Gasteiger partial charge in [0.2, 0.25) is 0 Å². The molecule has 0 heteroatoms. The first kappa shape index (κ1) is 6.90. The summed E-state index contributed by atoms with van der Waals surface area (Å²) in [5, 5.41) is 0. The summed E-state index contributed by atoms with van der Waals surface area (Å²) in [5.41, 5.74) is 3.13. The van der Waals surface area contributed by atoms with Crippen LogP contribution in [0.1, 0.15) is 30.9 Å². The summed E-state index contributed by atoms with van der Waals surface area (Å²) in [5.74, 6) is 1.61. The number of hydrogen-bond acceptors (Lipinski definition) is 0. The van der Waals surface area contributed by atoms with Crippen molar-refractivity contribution in [3.8, 4) is 0 Å². The Labute approximate surface area is 68.3 Å². The monoisotopic (exact) mass is 146 g/mol. The molecular formula is C11H14. The van der Waals surface area contributed by atoms with Crippen LogP contribution in [0.15, 0.2) is 24.3 Å². The molecule has 0 saturated carbocycles. The summed E-state index contributed by atoms with van der Waals surface area (Å²) in [6.07, 6.45) is 1.28. The minimum Gasteiger partial charge on any atom is -0.0620 e. The quantitative estimate of drug-likeness (QED) is 0.528. The lowest BCUT2D eigenvalue weighted by molar-refractivity contribution is 0.532. The summed E-state index contributed by atoms with van der Waals surface area (Å²) in [6, 6.07) is 8.82. The molecule has 0 fully saturated rings. The smallest absolute Gasteiger partial charge is 0.0159 e. The van der Waals surface area contributed by atoms with Gasteiger partial charge in [0.15, 0.2) is 0 Å². The van der Waals surface area contributed by atoms with Crippen molar-refractivity contribution in [3.05, 3.63) is 35.4 Å². The van der Waals surface area contributed by atoms with E-state index < -0.39 is 0 Å². The van der Waals surface area contributed by atoms with Crippen molar-refractivity contribution < 1.29 is 0 Å². The van der Waals surface area contributed by atoms with Gasteiger partial charge in [-0.2, -0.15) is 0 Å². The Morgan fingerprint density at radius 1 is 1.18 bits per heavy atom. The van der Waals surface area contributed by atoms with Crippen LogP contribution in [0.2, 0.25) is 0 Å². The molecule has 0 saturated heterocycles. The van der Waals surface area contributed by atoms with Gasteiger partial charge in [-0.1, -0.05) is 38.1 Å². The number of rotatable bonds is 0. The summed E-state index contributed by atoms with van der Waals surface area (Å²) in [7, 11) is 0. The van der Waals surface area contributed by atoms with Gasteiger partial charge in [-0.15, -0.1) is 0 Å². The van der Waals surface area contributed by atoms with Crippen LogP contribution >= 0.6 is 0 Å². The summed E-state index contributed by atoms with van der Waals surface area (Å²) >= 11 is 0. The van der Waals surface area contributed by atoms with Crippen molar-refractivity contribution in [2.24, 2.45) is 5.92 Å². The second-order valence-electron chi connectivity index (χ2n) is 3.67. The number of benzene rings is 1. The predicted molar refractivity (Wildman–Crippen MR) is 47.7 cm³/mol. The molecular weight excluding hydrogens is 132 g/mol. The van der Waals surface area contributed by atoms with Crippen LogP contribution in [0.25, 0.3) is 0 Å². The largest absolute Gasteiger partial charge is 0.0620 e. The first-order valence-electron chi connectivity index (χ1n) is 4.37. The Bertz CT molecular complexity index is 262. The lowest BCUT2D eigenvalue weighted by atomic mass is 9.97. The first-order valence-corrected chi connectivity index (χ1v) is 4.37. The van der Waals surface area contributed by atoms with Crippen LogP contribution in [0.5, 0.6) is 0 Å². The van der Waals surface area contributed by atoms with E-state index in [-0.39, 0.29) is 0 Å². The molecule has 0 nitrogen and oxygen atoms in total. The van der Waals surface area contributed by atoms with Gasteiger partial charge in [0.1, 0.15) is 0 Å². The van der Waals surface area contributed by atoms with E-state index >= 15 is 0 Å². The van der Waals surface area contributed by atoms with Gasteiger partial charge in [0.05, 0.1) is 0 Å². The SMILES string of the molecule is C[C@@H]1Cc2ccccc2[C@@H]1C. The summed E-state index contributed by atoms with van der Waals surface area (Å²) in [6.45, 7) is 4.67. The fourth-order valence-electron chi connectivity index (χ4n) is 1.99. The molecule has 0 unspecified atom stereocenters. The highest BCUT2D eigenvalue weighted by Crippen LogP contribution is 2.36. The summed E-state index contributed by atoms with van der Waals surface area (Å²) in [4.78, 5) is 0. The van der Waals surface area contributed by atoms with Crippen molar-refractivity contribution in [3.63, 3.8) is 0 Å². The maximum Gasteiger partial charge on any atom is -0.0159 e. The Hall–Kier alpha value is -0.780. The van der Waals surface area contributed by atoms with Gasteiger partial charge < -0.3 is 0 Å². The lowest BCUT2D eigenvalue weighted by Crippen LogP contribution is -1.97. The van der Waals surface area contributed by atoms with Gasteiger partial charge in [-0.25, -0.2) is 0 Å². The molecule has 0 aromatic heterocycles. The second-order valence-corrected chi connectivity index (χ2v) is 3.67. The van der Waals surface area contributed by atoms with Crippen LogP contribution < -0.4 is 0 Å². The molecule has 2 rings (SSSR count). The van der Waals surface area contributed by atoms with Gasteiger partial charge in [-0.05, 0) is 29.4 Å². The minimum atomic E-state index is 0.770. The molecule has 0 spiro atoms. The van der Waals surface area contributed by atoms with E-state index in [4.69, 9.17) is 0 Å². The molecule has 1 aromatic rings. The molecule has 0 amide bonds. The normalized spacial score (nSPS) is 28.5. The molecule has 58 valence electrons. The summed E-state index contributed by atoms with van der Waals surface area (Å²) < 4.78 is 0. The number of hydrogen-bond donors (Lipinski definition) is 0. The van der Waals surface area contributed by atoms with Crippen LogP contribution in [0.3, 0.4) is 0 Å². The Morgan fingerprint density at radius 3 is 2.64 bits per heavy atom. The predicted octanol–water partition coefficient (Wildman–Crippen LogP) is 2.98. The molecule has 2 atom stereocenters. The zero-order chi connectivity index (χ0) is 7.84. The van der Waals surface area contributed by atoms with Gasteiger partial charge in [-0.3, -0.25) is 0 Å². The van der Waals surface area contributed by atoms with E-state index in [0.29, 0.717) is 0 Å². The fourth-order valence-corrected chi connectivity index (χ4v) is 1.99. The van der Waals surface area contributed by atoms with E-state index in [1.54, 1.807) is 11.1 Å². The highest BCUT2D eigenvalue weighted by Gasteiger charge is 2.24. The van der Waals surface area contributed by atoms with Crippen molar-refractivity contribution in [1.82, 2.24) is 0 Å². The minimum absolute atomic E-state index is 0.770. The maximum absolute atomic E-state index is 2.34. The van der Waals surface area contributed by atoms with Crippen molar-refractivity contribution in [2.45, 2.75) is 26.2 Å². The van der Waals surface area contributed by atoms with Crippen molar-refractivity contribution in [2.75, 3.05) is 0 Å². The van der Waals surface area contributed by atoms with E-state index in [1.807, 2.05) is 0 Å². The van der Waals surface area contributed by atoms with Crippen LogP contribution in [0, 0.1) is 5.92 Å². The average molecular weight is 146 g/mol. The molecule has 1 aliphatic carbocycles. The third-order valence-corrected chi connectivity index (χ3v) is 2.94. The second kappa shape index (κ2) is 2.37. The first-order chi connectivity index (χ1) is 5.29. The van der Waals surface area contributed by atoms with Gasteiger partial charge in [0, 0.05) is 0 Å².